The van der Waals surface area contributed by atoms with Gasteiger partial charge in [-0.05, 0) is 45.3 Å². The van der Waals surface area contributed by atoms with Crippen molar-refractivity contribution < 1.29 is 0 Å². The number of rotatable bonds is 0. The van der Waals surface area contributed by atoms with Crippen LogP contribution in [0.3, 0.4) is 0 Å². The van der Waals surface area contributed by atoms with Gasteiger partial charge in [0, 0.05) is 29.6 Å². The number of hydrogen-bond donors (Lipinski definition) is 0. The fourth-order valence-corrected chi connectivity index (χ4v) is 1.30. The van der Waals surface area contributed by atoms with E-state index in [-0.39, 0.29) is 29.6 Å². The molecule has 0 atom stereocenters. The topological polar surface area (TPSA) is 0 Å². The Balaban J connectivity index is 0.000000810. The molecule has 0 fully saturated rings. The Kier molecular flexibility index (Phi) is 3.93. The maximum atomic E-state index is 2.22. The summed E-state index contributed by atoms with van der Waals surface area (Å²) in [7, 11) is 0. The molecule has 0 N–H and O–H groups in total. The molecular weight excluding hydrogens is 131 g/mol. The standard InChI is InChI=1S/C9H14.Na/c1-6-5-7(2)9(4)8(6)3;/h5H2,1-4H3;. The van der Waals surface area contributed by atoms with E-state index in [2.05, 4.69) is 27.7 Å². The molecule has 51 valence electrons. The monoisotopic (exact) mass is 145 g/mol. The minimum atomic E-state index is 0. The van der Waals surface area contributed by atoms with Crippen molar-refractivity contribution in [2.45, 2.75) is 34.1 Å². The predicted molar refractivity (Wildman–Crippen MR) is 47.1 cm³/mol. The normalized spacial score (nSPS) is 18.0. The Hall–Kier alpha value is 0.480. The van der Waals surface area contributed by atoms with Crippen LogP contribution in [0.2, 0.25) is 0 Å². The Bertz CT molecular complexity index is 175. The summed E-state index contributed by atoms with van der Waals surface area (Å²) in [4.78, 5) is 0. The van der Waals surface area contributed by atoms with E-state index >= 15 is 0 Å². The van der Waals surface area contributed by atoms with Gasteiger partial charge in [-0.15, -0.1) is 0 Å². The summed E-state index contributed by atoms with van der Waals surface area (Å²) in [6.45, 7) is 8.85. The molecule has 0 saturated heterocycles. The van der Waals surface area contributed by atoms with Crippen molar-refractivity contribution in [1.29, 1.82) is 0 Å². The molecule has 0 spiro atoms. The van der Waals surface area contributed by atoms with Crippen LogP contribution in [0, 0.1) is 0 Å². The van der Waals surface area contributed by atoms with Gasteiger partial charge in [0.1, 0.15) is 0 Å². The largest absolute Gasteiger partial charge is 0.0661 e. The van der Waals surface area contributed by atoms with Gasteiger partial charge in [-0.1, -0.05) is 11.1 Å². The molecule has 0 aromatic rings. The van der Waals surface area contributed by atoms with E-state index in [1.807, 2.05) is 0 Å². The van der Waals surface area contributed by atoms with E-state index in [9.17, 15) is 0 Å². The van der Waals surface area contributed by atoms with E-state index < -0.39 is 0 Å². The first-order chi connectivity index (χ1) is 4.13. The van der Waals surface area contributed by atoms with Crippen molar-refractivity contribution in [3.05, 3.63) is 22.3 Å². The number of hydrogen-bond acceptors (Lipinski definition) is 0. The molecule has 1 radical (unpaired) electrons. The third-order valence-corrected chi connectivity index (χ3v) is 2.37. The maximum Gasteiger partial charge on any atom is 0 e. The van der Waals surface area contributed by atoms with E-state index in [0.29, 0.717) is 0 Å². The molecule has 1 heteroatoms. The van der Waals surface area contributed by atoms with Crippen LogP contribution in [0.5, 0.6) is 0 Å². The third-order valence-electron chi connectivity index (χ3n) is 2.37. The summed E-state index contributed by atoms with van der Waals surface area (Å²) in [6, 6.07) is 0. The first-order valence-corrected chi connectivity index (χ1v) is 3.46. The molecule has 1 aliphatic carbocycles. The van der Waals surface area contributed by atoms with Crippen molar-refractivity contribution in [1.82, 2.24) is 0 Å². The summed E-state index contributed by atoms with van der Waals surface area (Å²) >= 11 is 0. The predicted octanol–water partition coefficient (Wildman–Crippen LogP) is 2.68. The molecule has 1 rings (SSSR count). The second-order valence-electron chi connectivity index (χ2n) is 2.99. The van der Waals surface area contributed by atoms with Gasteiger partial charge in [0.05, 0.1) is 0 Å². The Morgan fingerprint density at radius 3 is 1.20 bits per heavy atom. The maximum absolute atomic E-state index is 2.22. The van der Waals surface area contributed by atoms with Crippen LogP contribution in [-0.4, -0.2) is 29.6 Å². The molecule has 0 aromatic carbocycles. The van der Waals surface area contributed by atoms with Gasteiger partial charge >= 0.3 is 0 Å². The Labute approximate surface area is 85.7 Å². The Morgan fingerprint density at radius 2 is 1.10 bits per heavy atom. The van der Waals surface area contributed by atoms with Crippen LogP contribution in [0.4, 0.5) is 0 Å². The molecule has 0 saturated carbocycles. The minimum Gasteiger partial charge on any atom is -0.0661 e. The van der Waals surface area contributed by atoms with E-state index in [0.717, 1.165) is 0 Å². The van der Waals surface area contributed by atoms with Crippen LogP contribution in [-0.2, 0) is 0 Å². The van der Waals surface area contributed by atoms with E-state index in [1.165, 1.54) is 17.6 Å². The smallest absolute Gasteiger partial charge is 0 e. The number of allylic oxidation sites excluding steroid dienone is 4. The Morgan fingerprint density at radius 1 is 0.800 bits per heavy atom. The SMILES string of the molecule is CC1=C(C)C(C)=C(C)C1.[Na]. The molecule has 0 nitrogen and oxygen atoms in total. The van der Waals surface area contributed by atoms with Crippen LogP contribution < -0.4 is 0 Å². The van der Waals surface area contributed by atoms with Crippen molar-refractivity contribution >= 4 is 29.6 Å². The van der Waals surface area contributed by atoms with Crippen LogP contribution in [0.1, 0.15) is 34.1 Å². The second kappa shape index (κ2) is 3.75. The van der Waals surface area contributed by atoms with Gasteiger partial charge < -0.3 is 0 Å². The second-order valence-corrected chi connectivity index (χ2v) is 2.99. The van der Waals surface area contributed by atoms with Crippen LogP contribution in [0.25, 0.3) is 0 Å². The molecule has 0 bridgehead atoms. The summed E-state index contributed by atoms with van der Waals surface area (Å²) in [5, 5.41) is 0. The van der Waals surface area contributed by atoms with E-state index in [4.69, 9.17) is 0 Å². The van der Waals surface area contributed by atoms with Crippen molar-refractivity contribution in [3.8, 4) is 0 Å². The quantitative estimate of drug-likeness (QED) is 0.460. The molecule has 0 unspecified atom stereocenters. The van der Waals surface area contributed by atoms with E-state index in [1.54, 1.807) is 11.1 Å². The van der Waals surface area contributed by atoms with Gasteiger partial charge in [-0.25, -0.2) is 0 Å². The van der Waals surface area contributed by atoms with Crippen molar-refractivity contribution in [2.24, 2.45) is 0 Å². The van der Waals surface area contributed by atoms with Crippen LogP contribution >= 0.6 is 0 Å². The zero-order chi connectivity index (χ0) is 7.02. The van der Waals surface area contributed by atoms with Crippen LogP contribution in [0.15, 0.2) is 22.3 Å². The van der Waals surface area contributed by atoms with Gasteiger partial charge in [-0.2, -0.15) is 0 Å². The first-order valence-electron chi connectivity index (χ1n) is 3.46. The molecule has 0 aliphatic heterocycles. The molecule has 0 heterocycles. The zero-order valence-corrected chi connectivity index (χ0v) is 9.71. The van der Waals surface area contributed by atoms with Gasteiger partial charge in [-0.3, -0.25) is 0 Å². The first kappa shape index (κ1) is 10.5. The average Bonchev–Trinajstić information content (AvgIpc) is 1.98. The van der Waals surface area contributed by atoms with Crippen molar-refractivity contribution in [3.63, 3.8) is 0 Å². The summed E-state index contributed by atoms with van der Waals surface area (Å²) in [5.74, 6) is 0. The zero-order valence-electron chi connectivity index (χ0n) is 7.71. The molecular formula is C9H14Na. The summed E-state index contributed by atoms with van der Waals surface area (Å²) in [5.41, 5.74) is 6.11. The summed E-state index contributed by atoms with van der Waals surface area (Å²) < 4.78 is 0. The van der Waals surface area contributed by atoms with Gasteiger partial charge in [0.15, 0.2) is 0 Å². The molecule has 1 aliphatic rings. The van der Waals surface area contributed by atoms with Crippen molar-refractivity contribution in [2.75, 3.05) is 0 Å². The van der Waals surface area contributed by atoms with Gasteiger partial charge in [0.25, 0.3) is 0 Å². The molecule has 0 aromatic heterocycles. The fourth-order valence-electron chi connectivity index (χ4n) is 1.30. The third kappa shape index (κ3) is 1.75. The fraction of sp³-hybridized carbons (Fsp3) is 0.556. The summed E-state index contributed by atoms with van der Waals surface area (Å²) in [6.07, 6.45) is 1.21. The average molecular weight is 145 g/mol. The molecule has 0 amide bonds. The van der Waals surface area contributed by atoms with Gasteiger partial charge in [0.2, 0.25) is 0 Å². The minimum absolute atomic E-state index is 0. The molecule has 10 heavy (non-hydrogen) atoms.